The summed E-state index contributed by atoms with van der Waals surface area (Å²) in [7, 11) is 0. The number of ether oxygens (including phenoxy) is 2. The molecule has 9 heteroatoms. The van der Waals surface area contributed by atoms with E-state index in [0.717, 1.165) is 0 Å². The molecular weight excluding hydrogens is 286 g/mol. The Hall–Kier alpha value is -1.78. The standard InChI is InChI=1S/C12H15NO8/c14-5-8-9(15)10(16)11(17)12(21-8)20-7-3-1-6(2-4-7)13(18)19/h1-4,8-12,14-17H,5H2/t8-,9-,10-,11+,12-/m0/s1. The Morgan fingerprint density at radius 2 is 1.76 bits per heavy atom. The molecule has 0 saturated carbocycles. The van der Waals surface area contributed by atoms with Gasteiger partial charge in [-0.25, -0.2) is 0 Å². The van der Waals surface area contributed by atoms with Crippen molar-refractivity contribution in [2.24, 2.45) is 0 Å². The second-order valence-corrected chi connectivity index (χ2v) is 4.57. The summed E-state index contributed by atoms with van der Waals surface area (Å²) in [4.78, 5) is 9.95. The highest BCUT2D eigenvalue weighted by molar-refractivity contribution is 5.36. The van der Waals surface area contributed by atoms with E-state index >= 15 is 0 Å². The Morgan fingerprint density at radius 1 is 1.14 bits per heavy atom. The average molecular weight is 301 g/mol. The fraction of sp³-hybridized carbons (Fsp3) is 0.500. The number of hydrogen-bond donors (Lipinski definition) is 4. The number of nitrogens with zero attached hydrogens (tertiary/aromatic N) is 1. The van der Waals surface area contributed by atoms with Crippen molar-refractivity contribution >= 4 is 5.69 Å². The van der Waals surface area contributed by atoms with Gasteiger partial charge in [0.2, 0.25) is 6.29 Å². The first kappa shape index (κ1) is 15.6. The van der Waals surface area contributed by atoms with Crippen molar-refractivity contribution in [3.05, 3.63) is 34.4 Å². The maximum Gasteiger partial charge on any atom is 0.269 e. The van der Waals surface area contributed by atoms with Crippen LogP contribution in [-0.4, -0.2) is 62.7 Å². The molecule has 0 aromatic heterocycles. The number of aliphatic hydroxyl groups is 4. The maximum atomic E-state index is 10.5. The van der Waals surface area contributed by atoms with Crippen molar-refractivity contribution < 1.29 is 34.8 Å². The molecule has 0 unspecified atom stereocenters. The molecule has 21 heavy (non-hydrogen) atoms. The van der Waals surface area contributed by atoms with Crippen LogP contribution in [0.2, 0.25) is 0 Å². The molecule has 1 aromatic carbocycles. The number of rotatable bonds is 4. The van der Waals surface area contributed by atoms with Gasteiger partial charge in [-0.2, -0.15) is 0 Å². The van der Waals surface area contributed by atoms with Gasteiger partial charge in [0.1, 0.15) is 30.2 Å². The summed E-state index contributed by atoms with van der Waals surface area (Å²) in [6, 6.07) is 5.03. The van der Waals surface area contributed by atoms with Gasteiger partial charge in [0.15, 0.2) is 0 Å². The van der Waals surface area contributed by atoms with Gasteiger partial charge in [0.05, 0.1) is 11.5 Å². The number of aliphatic hydroxyl groups excluding tert-OH is 4. The summed E-state index contributed by atoms with van der Waals surface area (Å²) in [6.07, 6.45) is -6.94. The first-order valence-corrected chi connectivity index (χ1v) is 6.15. The summed E-state index contributed by atoms with van der Waals surface area (Å²) in [5.41, 5.74) is -0.129. The van der Waals surface area contributed by atoms with E-state index in [9.17, 15) is 25.4 Å². The van der Waals surface area contributed by atoms with E-state index in [-0.39, 0.29) is 11.4 Å². The Balaban J connectivity index is 2.08. The molecule has 1 aromatic rings. The van der Waals surface area contributed by atoms with Crippen LogP contribution in [0, 0.1) is 10.1 Å². The SMILES string of the molecule is O=[N+]([O-])c1ccc(O[C@H]2O[C@@H](CO)[C@H](O)[C@H](O)[C@H]2O)cc1. The van der Waals surface area contributed by atoms with E-state index in [4.69, 9.17) is 14.6 Å². The lowest BCUT2D eigenvalue weighted by Gasteiger charge is -2.39. The van der Waals surface area contributed by atoms with E-state index in [2.05, 4.69) is 0 Å². The van der Waals surface area contributed by atoms with E-state index in [1.54, 1.807) is 0 Å². The van der Waals surface area contributed by atoms with Crippen LogP contribution in [0.15, 0.2) is 24.3 Å². The van der Waals surface area contributed by atoms with Crippen LogP contribution in [0.25, 0.3) is 0 Å². The Labute approximate surface area is 119 Å². The highest BCUT2D eigenvalue weighted by Gasteiger charge is 2.44. The van der Waals surface area contributed by atoms with E-state index in [1.165, 1.54) is 24.3 Å². The molecule has 1 aliphatic rings. The zero-order chi connectivity index (χ0) is 15.6. The van der Waals surface area contributed by atoms with Crippen LogP contribution in [0.3, 0.4) is 0 Å². The molecule has 4 N–H and O–H groups in total. The summed E-state index contributed by atoms with van der Waals surface area (Å²) in [5, 5.41) is 48.6. The minimum Gasteiger partial charge on any atom is -0.462 e. The molecule has 0 spiro atoms. The quantitative estimate of drug-likeness (QED) is 0.400. The molecule has 0 bridgehead atoms. The molecule has 2 rings (SSSR count). The van der Waals surface area contributed by atoms with Crippen molar-refractivity contribution in [3.8, 4) is 5.75 Å². The van der Waals surface area contributed by atoms with Crippen molar-refractivity contribution in [3.63, 3.8) is 0 Å². The third-order valence-corrected chi connectivity index (χ3v) is 3.15. The third-order valence-electron chi connectivity index (χ3n) is 3.15. The van der Waals surface area contributed by atoms with Crippen LogP contribution < -0.4 is 4.74 Å². The lowest BCUT2D eigenvalue weighted by atomic mass is 9.99. The zero-order valence-electron chi connectivity index (χ0n) is 10.8. The predicted molar refractivity (Wildman–Crippen MR) is 67.5 cm³/mol. The van der Waals surface area contributed by atoms with Gasteiger partial charge in [-0.3, -0.25) is 10.1 Å². The lowest BCUT2D eigenvalue weighted by molar-refractivity contribution is -0.384. The van der Waals surface area contributed by atoms with Crippen LogP contribution >= 0.6 is 0 Å². The fourth-order valence-electron chi connectivity index (χ4n) is 1.95. The second-order valence-electron chi connectivity index (χ2n) is 4.57. The minimum atomic E-state index is -1.54. The molecule has 0 aliphatic carbocycles. The molecule has 0 amide bonds. The van der Waals surface area contributed by atoms with Crippen molar-refractivity contribution in [1.82, 2.24) is 0 Å². The van der Waals surface area contributed by atoms with Gasteiger partial charge < -0.3 is 29.9 Å². The van der Waals surface area contributed by atoms with E-state index < -0.39 is 42.2 Å². The largest absolute Gasteiger partial charge is 0.462 e. The smallest absolute Gasteiger partial charge is 0.269 e. The van der Waals surface area contributed by atoms with E-state index in [1.807, 2.05) is 0 Å². The van der Waals surface area contributed by atoms with Crippen molar-refractivity contribution in [2.75, 3.05) is 6.61 Å². The van der Waals surface area contributed by atoms with Gasteiger partial charge in [-0.1, -0.05) is 0 Å². The summed E-state index contributed by atoms with van der Waals surface area (Å²) < 4.78 is 10.4. The van der Waals surface area contributed by atoms with Gasteiger partial charge in [0, 0.05) is 12.1 Å². The average Bonchev–Trinajstić information content (AvgIpc) is 2.48. The molecule has 1 aliphatic heterocycles. The number of non-ortho nitro benzene ring substituents is 1. The maximum absolute atomic E-state index is 10.5. The van der Waals surface area contributed by atoms with Gasteiger partial charge in [0.25, 0.3) is 5.69 Å². The summed E-state index contributed by atoms with van der Waals surface area (Å²) in [5.74, 6) is 0.171. The number of benzene rings is 1. The van der Waals surface area contributed by atoms with Gasteiger partial charge in [-0.05, 0) is 12.1 Å². The minimum absolute atomic E-state index is 0.129. The first-order chi connectivity index (χ1) is 9.93. The number of nitro benzene ring substituents is 1. The van der Waals surface area contributed by atoms with Crippen molar-refractivity contribution in [2.45, 2.75) is 30.7 Å². The van der Waals surface area contributed by atoms with Crippen LogP contribution in [0.1, 0.15) is 0 Å². The second kappa shape index (κ2) is 6.33. The first-order valence-electron chi connectivity index (χ1n) is 6.15. The van der Waals surface area contributed by atoms with Crippen LogP contribution in [0.4, 0.5) is 5.69 Å². The molecule has 0 radical (unpaired) electrons. The fourth-order valence-corrected chi connectivity index (χ4v) is 1.95. The Morgan fingerprint density at radius 3 is 2.29 bits per heavy atom. The highest BCUT2D eigenvalue weighted by atomic mass is 16.7. The monoisotopic (exact) mass is 301 g/mol. The van der Waals surface area contributed by atoms with Gasteiger partial charge in [-0.15, -0.1) is 0 Å². The third kappa shape index (κ3) is 3.28. The molecule has 1 saturated heterocycles. The van der Waals surface area contributed by atoms with Gasteiger partial charge >= 0.3 is 0 Å². The highest BCUT2D eigenvalue weighted by Crippen LogP contribution is 2.25. The van der Waals surface area contributed by atoms with E-state index in [0.29, 0.717) is 0 Å². The van der Waals surface area contributed by atoms with Crippen LogP contribution in [-0.2, 0) is 4.74 Å². The van der Waals surface area contributed by atoms with Crippen LogP contribution in [0.5, 0.6) is 5.75 Å². The summed E-state index contributed by atoms with van der Waals surface area (Å²) >= 11 is 0. The lowest BCUT2D eigenvalue weighted by Crippen LogP contribution is -2.60. The Bertz CT molecular complexity index is 491. The summed E-state index contributed by atoms with van der Waals surface area (Å²) in [6.45, 7) is -0.564. The zero-order valence-corrected chi connectivity index (χ0v) is 10.8. The molecule has 1 heterocycles. The molecule has 5 atom stereocenters. The number of nitro groups is 1. The predicted octanol–water partition coefficient (Wildman–Crippen LogP) is -1.23. The Kier molecular flexibility index (Phi) is 4.70. The molecule has 116 valence electrons. The number of hydrogen-bond acceptors (Lipinski definition) is 8. The van der Waals surface area contributed by atoms with Crippen molar-refractivity contribution in [1.29, 1.82) is 0 Å². The molecule has 9 nitrogen and oxygen atoms in total. The molecule has 1 fully saturated rings. The topological polar surface area (TPSA) is 143 Å². The molecular formula is C12H15NO8. The normalized spacial score (nSPS) is 32.7.